The fraction of sp³-hybridized carbons (Fsp3) is 0.562. The highest BCUT2D eigenvalue weighted by Crippen LogP contribution is 2.56. The summed E-state index contributed by atoms with van der Waals surface area (Å²) < 4.78 is 0. The molecule has 178 valence electrons. The van der Waals surface area contributed by atoms with Crippen LogP contribution in [0.25, 0.3) is 5.57 Å². The summed E-state index contributed by atoms with van der Waals surface area (Å²) in [7, 11) is 0. The molecule has 0 aliphatic heterocycles. The Morgan fingerprint density at radius 2 is 1.36 bits per heavy atom. The molecule has 1 fully saturated rings. The number of rotatable bonds is 14. The first-order valence-corrected chi connectivity index (χ1v) is 13.9. The lowest BCUT2D eigenvalue weighted by Gasteiger charge is -2.36. The van der Waals surface area contributed by atoms with Gasteiger partial charge in [-0.15, -0.1) is 0 Å². The van der Waals surface area contributed by atoms with E-state index in [0.29, 0.717) is 0 Å². The predicted octanol–water partition coefficient (Wildman–Crippen LogP) is 9.81. The number of hydrogen-bond donors (Lipinski definition) is 1. The molecule has 0 radical (unpaired) electrons. The van der Waals surface area contributed by atoms with Gasteiger partial charge in [-0.1, -0.05) is 125 Å². The van der Waals surface area contributed by atoms with Crippen molar-refractivity contribution >= 4 is 11.3 Å². The third kappa shape index (κ3) is 6.11. The van der Waals surface area contributed by atoms with Gasteiger partial charge in [0, 0.05) is 5.69 Å². The van der Waals surface area contributed by atoms with Crippen molar-refractivity contribution in [3.05, 3.63) is 71.8 Å². The van der Waals surface area contributed by atoms with Gasteiger partial charge in [-0.25, -0.2) is 0 Å². The van der Waals surface area contributed by atoms with E-state index in [4.69, 9.17) is 0 Å². The van der Waals surface area contributed by atoms with E-state index in [-0.39, 0.29) is 5.54 Å². The van der Waals surface area contributed by atoms with Crippen molar-refractivity contribution in [3.63, 3.8) is 0 Å². The van der Waals surface area contributed by atoms with E-state index < -0.39 is 0 Å². The zero-order valence-corrected chi connectivity index (χ0v) is 21.0. The zero-order valence-electron chi connectivity index (χ0n) is 21.0. The van der Waals surface area contributed by atoms with Crippen molar-refractivity contribution in [2.45, 2.75) is 109 Å². The summed E-state index contributed by atoms with van der Waals surface area (Å²) in [5.74, 6) is 0.742. The van der Waals surface area contributed by atoms with Crippen LogP contribution in [0.15, 0.2) is 66.2 Å². The van der Waals surface area contributed by atoms with E-state index in [1.165, 1.54) is 108 Å². The van der Waals surface area contributed by atoms with Crippen molar-refractivity contribution in [3.8, 4) is 0 Å². The number of nitrogens with one attached hydrogen (secondary N) is 1. The van der Waals surface area contributed by atoms with Crippen molar-refractivity contribution in [2.75, 3.05) is 5.32 Å². The van der Waals surface area contributed by atoms with Gasteiger partial charge in [0.25, 0.3) is 0 Å². The molecule has 1 heteroatoms. The molecule has 2 aliphatic carbocycles. The van der Waals surface area contributed by atoms with Gasteiger partial charge in [0.2, 0.25) is 0 Å². The number of unbranched alkanes of at least 4 members (excludes halogenated alkanes) is 9. The molecular formula is C32H45N. The van der Waals surface area contributed by atoms with E-state index in [1.807, 2.05) is 0 Å². The van der Waals surface area contributed by atoms with Gasteiger partial charge >= 0.3 is 0 Å². The van der Waals surface area contributed by atoms with Crippen LogP contribution in [-0.2, 0) is 0 Å². The molecule has 2 aromatic carbocycles. The Labute approximate surface area is 203 Å². The molecule has 4 rings (SSSR count). The lowest BCUT2D eigenvalue weighted by Crippen LogP contribution is -2.40. The minimum Gasteiger partial charge on any atom is -0.375 e. The zero-order chi connectivity index (χ0) is 22.8. The van der Waals surface area contributed by atoms with E-state index in [1.54, 1.807) is 11.1 Å². The van der Waals surface area contributed by atoms with E-state index in [2.05, 4.69) is 72.9 Å². The van der Waals surface area contributed by atoms with Crippen LogP contribution in [0.1, 0.15) is 109 Å². The predicted molar refractivity (Wildman–Crippen MR) is 145 cm³/mol. The Kier molecular flexibility index (Phi) is 9.09. The summed E-state index contributed by atoms with van der Waals surface area (Å²) in [5, 5.41) is 4.08. The third-order valence-corrected chi connectivity index (χ3v) is 8.15. The van der Waals surface area contributed by atoms with Crippen LogP contribution in [0.2, 0.25) is 0 Å². The minimum atomic E-state index is 0.122. The molecule has 0 aromatic heterocycles. The SMILES string of the molecule is CCCCCCCCCCCCC1=C(c2ccccc2)[C@]2(Nc3ccccc3)CCC[C@@H]2C1. The number of fused-ring (bicyclic) bond motifs is 1. The largest absolute Gasteiger partial charge is 0.375 e. The number of benzene rings is 2. The molecule has 0 saturated heterocycles. The highest BCUT2D eigenvalue weighted by molar-refractivity contribution is 5.82. The van der Waals surface area contributed by atoms with Crippen LogP contribution in [0.5, 0.6) is 0 Å². The average Bonchev–Trinajstić information content (AvgIpc) is 3.36. The second-order valence-corrected chi connectivity index (χ2v) is 10.5. The summed E-state index contributed by atoms with van der Waals surface area (Å²) in [5.41, 5.74) is 6.24. The maximum atomic E-state index is 4.08. The van der Waals surface area contributed by atoms with Gasteiger partial charge in [0.05, 0.1) is 5.54 Å². The molecular weight excluding hydrogens is 398 g/mol. The lowest BCUT2D eigenvalue weighted by atomic mass is 9.81. The molecule has 0 heterocycles. The highest BCUT2D eigenvalue weighted by Gasteiger charge is 2.51. The quantitative estimate of drug-likeness (QED) is 0.286. The van der Waals surface area contributed by atoms with E-state index in [0.717, 1.165) is 5.92 Å². The van der Waals surface area contributed by atoms with Gasteiger partial charge in [-0.05, 0) is 61.3 Å². The van der Waals surface area contributed by atoms with Gasteiger partial charge in [-0.2, -0.15) is 0 Å². The maximum absolute atomic E-state index is 4.08. The monoisotopic (exact) mass is 443 g/mol. The summed E-state index contributed by atoms with van der Waals surface area (Å²) >= 11 is 0. The fourth-order valence-corrected chi connectivity index (χ4v) is 6.52. The van der Waals surface area contributed by atoms with Crippen molar-refractivity contribution in [1.82, 2.24) is 0 Å². The van der Waals surface area contributed by atoms with Crippen LogP contribution in [0, 0.1) is 5.92 Å². The second kappa shape index (κ2) is 12.4. The second-order valence-electron chi connectivity index (χ2n) is 10.5. The van der Waals surface area contributed by atoms with Crippen LogP contribution >= 0.6 is 0 Å². The summed E-state index contributed by atoms with van der Waals surface area (Å²) in [4.78, 5) is 0. The Bertz CT molecular complexity index is 853. The topological polar surface area (TPSA) is 12.0 Å². The van der Waals surface area contributed by atoms with Crippen LogP contribution in [0.4, 0.5) is 5.69 Å². The number of hydrogen-bond acceptors (Lipinski definition) is 1. The molecule has 0 unspecified atom stereocenters. The molecule has 2 aliphatic rings. The Morgan fingerprint density at radius 1 is 0.758 bits per heavy atom. The standard InChI is InChI=1S/C32H45N/c1-2-3-4-5-6-7-8-9-10-13-21-28-26-29-22-18-25-32(29,33-30-23-16-12-17-24-30)31(28)27-19-14-11-15-20-27/h11-12,14-17,19-20,23-24,29,33H,2-10,13,18,21-22,25-26H2,1H3/t29-,32+/m1/s1. The smallest absolute Gasteiger partial charge is 0.0661 e. The minimum absolute atomic E-state index is 0.122. The van der Waals surface area contributed by atoms with Crippen LogP contribution < -0.4 is 5.32 Å². The first-order chi connectivity index (χ1) is 16.3. The van der Waals surface area contributed by atoms with E-state index >= 15 is 0 Å². The third-order valence-electron chi connectivity index (χ3n) is 8.15. The van der Waals surface area contributed by atoms with Crippen LogP contribution in [-0.4, -0.2) is 5.54 Å². The molecule has 0 bridgehead atoms. The Morgan fingerprint density at radius 3 is 2.03 bits per heavy atom. The molecule has 2 atom stereocenters. The van der Waals surface area contributed by atoms with Gasteiger partial charge in [-0.3, -0.25) is 0 Å². The molecule has 0 amide bonds. The number of anilines is 1. The molecule has 1 saturated carbocycles. The van der Waals surface area contributed by atoms with E-state index in [9.17, 15) is 0 Å². The normalized spacial score (nSPS) is 22.0. The Hall–Kier alpha value is -2.02. The van der Waals surface area contributed by atoms with Gasteiger partial charge in [0.15, 0.2) is 0 Å². The molecule has 1 N–H and O–H groups in total. The van der Waals surface area contributed by atoms with Gasteiger partial charge in [0.1, 0.15) is 0 Å². The molecule has 1 nitrogen and oxygen atoms in total. The number of para-hydroxylation sites is 1. The summed E-state index contributed by atoms with van der Waals surface area (Å²) in [6, 6.07) is 22.2. The first kappa shape index (κ1) is 24.1. The van der Waals surface area contributed by atoms with Crippen molar-refractivity contribution in [2.24, 2.45) is 5.92 Å². The maximum Gasteiger partial charge on any atom is 0.0661 e. The lowest BCUT2D eigenvalue weighted by molar-refractivity contribution is 0.453. The highest BCUT2D eigenvalue weighted by atomic mass is 15.0. The number of allylic oxidation sites excluding steroid dienone is 1. The first-order valence-electron chi connectivity index (χ1n) is 13.9. The van der Waals surface area contributed by atoms with Crippen LogP contribution in [0.3, 0.4) is 0 Å². The molecule has 2 aromatic rings. The molecule has 33 heavy (non-hydrogen) atoms. The Balaban J connectivity index is 1.40. The van der Waals surface area contributed by atoms with Gasteiger partial charge < -0.3 is 5.32 Å². The fourth-order valence-electron chi connectivity index (χ4n) is 6.52. The summed E-state index contributed by atoms with van der Waals surface area (Å²) in [6.07, 6.45) is 20.7. The van der Waals surface area contributed by atoms with Crippen molar-refractivity contribution < 1.29 is 0 Å². The average molecular weight is 444 g/mol. The molecule has 0 spiro atoms. The van der Waals surface area contributed by atoms with Crippen molar-refractivity contribution in [1.29, 1.82) is 0 Å². The summed E-state index contributed by atoms with van der Waals surface area (Å²) in [6.45, 7) is 2.30.